The number of aliphatic hydroxyl groups is 1. The zero-order valence-electron chi connectivity index (χ0n) is 11.5. The molecule has 7 nitrogen and oxygen atoms in total. The number of aliphatic hydroxyl groups excluding tert-OH is 1. The van der Waals surface area contributed by atoms with Gasteiger partial charge >= 0.3 is 0 Å². The zero-order valence-corrected chi connectivity index (χ0v) is 12.3. The van der Waals surface area contributed by atoms with Crippen LogP contribution < -0.4 is 4.72 Å². The minimum atomic E-state index is -4.00. The van der Waals surface area contributed by atoms with Gasteiger partial charge in [0.25, 0.3) is 0 Å². The Kier molecular flexibility index (Phi) is 4.35. The highest BCUT2D eigenvalue weighted by Gasteiger charge is 2.24. The van der Waals surface area contributed by atoms with Gasteiger partial charge in [-0.05, 0) is 24.6 Å². The van der Waals surface area contributed by atoms with Gasteiger partial charge in [-0.2, -0.15) is 0 Å². The lowest BCUT2D eigenvalue weighted by Crippen LogP contribution is -2.29. The van der Waals surface area contributed by atoms with Gasteiger partial charge in [0, 0.05) is 7.05 Å². The number of halogens is 1. The summed E-state index contributed by atoms with van der Waals surface area (Å²) < 4.78 is 41.9. The third-order valence-corrected chi connectivity index (χ3v) is 4.58. The lowest BCUT2D eigenvalue weighted by Gasteiger charge is -2.15. The van der Waals surface area contributed by atoms with E-state index < -0.39 is 28.5 Å². The van der Waals surface area contributed by atoms with Crippen molar-refractivity contribution in [2.45, 2.75) is 24.5 Å². The maximum absolute atomic E-state index is 13.3. The maximum Gasteiger partial charge on any atom is 0.241 e. The Morgan fingerprint density at radius 3 is 2.76 bits per heavy atom. The van der Waals surface area contributed by atoms with Crippen molar-refractivity contribution < 1.29 is 17.9 Å². The van der Waals surface area contributed by atoms with E-state index in [1.54, 1.807) is 18.5 Å². The SMILES string of the molecule is CC(NS(=O)(=O)c1cc(F)ccc1CO)c1nncn1C. The second kappa shape index (κ2) is 5.88. The molecule has 1 atom stereocenters. The lowest BCUT2D eigenvalue weighted by molar-refractivity contribution is 0.278. The summed E-state index contributed by atoms with van der Waals surface area (Å²) in [5.41, 5.74) is 0.120. The average Bonchev–Trinajstić information content (AvgIpc) is 2.84. The normalized spacial score (nSPS) is 13.3. The van der Waals surface area contributed by atoms with E-state index in [0.717, 1.165) is 12.1 Å². The first-order chi connectivity index (χ1) is 9.85. The van der Waals surface area contributed by atoms with Crippen LogP contribution in [0.15, 0.2) is 29.4 Å². The van der Waals surface area contributed by atoms with Crippen molar-refractivity contribution >= 4 is 10.0 Å². The number of rotatable bonds is 5. The molecule has 0 aliphatic rings. The predicted molar refractivity (Wildman–Crippen MR) is 72.1 cm³/mol. The maximum atomic E-state index is 13.3. The van der Waals surface area contributed by atoms with Gasteiger partial charge in [-0.1, -0.05) is 6.07 Å². The Morgan fingerprint density at radius 1 is 1.48 bits per heavy atom. The number of hydrogen-bond acceptors (Lipinski definition) is 5. The molecule has 0 radical (unpaired) electrons. The van der Waals surface area contributed by atoms with Gasteiger partial charge in [-0.3, -0.25) is 0 Å². The van der Waals surface area contributed by atoms with Gasteiger partial charge in [0.05, 0.1) is 17.5 Å². The second-order valence-electron chi connectivity index (χ2n) is 4.55. The molecule has 2 rings (SSSR count). The molecular formula is C12H15FN4O3S. The summed E-state index contributed by atoms with van der Waals surface area (Å²) in [6.07, 6.45) is 1.45. The first-order valence-electron chi connectivity index (χ1n) is 6.10. The molecule has 0 saturated carbocycles. The van der Waals surface area contributed by atoms with E-state index >= 15 is 0 Å². The molecule has 0 saturated heterocycles. The molecular weight excluding hydrogens is 299 g/mol. The number of aromatic nitrogens is 3. The van der Waals surface area contributed by atoms with Gasteiger partial charge in [0.15, 0.2) is 0 Å². The van der Waals surface area contributed by atoms with Crippen molar-refractivity contribution in [3.05, 3.63) is 41.7 Å². The minimum absolute atomic E-state index is 0.120. The van der Waals surface area contributed by atoms with E-state index in [1.807, 2.05) is 0 Å². The molecule has 0 bridgehead atoms. The Morgan fingerprint density at radius 2 is 2.19 bits per heavy atom. The van der Waals surface area contributed by atoms with Gasteiger partial charge < -0.3 is 9.67 Å². The van der Waals surface area contributed by atoms with Crippen LogP contribution in [0.3, 0.4) is 0 Å². The van der Waals surface area contributed by atoms with Gasteiger partial charge in [0.1, 0.15) is 18.0 Å². The third kappa shape index (κ3) is 3.26. The van der Waals surface area contributed by atoms with E-state index in [1.165, 1.54) is 12.4 Å². The molecule has 2 N–H and O–H groups in total. The Bertz CT molecular complexity index is 745. The van der Waals surface area contributed by atoms with Crippen LogP contribution in [-0.2, 0) is 23.7 Å². The Balaban J connectivity index is 2.35. The van der Waals surface area contributed by atoms with Crippen LogP contribution in [0.1, 0.15) is 24.4 Å². The summed E-state index contributed by atoms with van der Waals surface area (Å²) >= 11 is 0. The van der Waals surface area contributed by atoms with Crippen LogP contribution in [0.25, 0.3) is 0 Å². The summed E-state index contributed by atoms with van der Waals surface area (Å²) in [5, 5.41) is 16.7. The quantitative estimate of drug-likeness (QED) is 0.837. The van der Waals surface area contributed by atoms with Crippen molar-refractivity contribution in [3.63, 3.8) is 0 Å². The first-order valence-corrected chi connectivity index (χ1v) is 7.59. The standard InChI is InChI=1S/C12H15FN4O3S/c1-8(12-15-14-7-17(12)2)16-21(19,20)11-5-10(13)4-3-9(11)6-18/h3-5,7-8,16,18H,6H2,1-2H3. The van der Waals surface area contributed by atoms with E-state index in [0.29, 0.717) is 5.82 Å². The molecule has 1 aromatic carbocycles. The van der Waals surface area contributed by atoms with E-state index in [2.05, 4.69) is 14.9 Å². The molecule has 1 aromatic heterocycles. The molecule has 0 amide bonds. The first kappa shape index (κ1) is 15.5. The fourth-order valence-electron chi connectivity index (χ4n) is 1.94. The van der Waals surface area contributed by atoms with Crippen molar-refractivity contribution in [2.75, 3.05) is 0 Å². The van der Waals surface area contributed by atoms with Crippen molar-refractivity contribution in [3.8, 4) is 0 Å². The fraction of sp³-hybridized carbons (Fsp3) is 0.333. The van der Waals surface area contributed by atoms with Gasteiger partial charge in [-0.15, -0.1) is 10.2 Å². The number of aryl methyl sites for hydroxylation is 1. The number of benzene rings is 1. The third-order valence-electron chi connectivity index (χ3n) is 2.95. The summed E-state index contributed by atoms with van der Waals surface area (Å²) in [6.45, 7) is 1.09. The Labute approximate surface area is 121 Å². The van der Waals surface area contributed by atoms with Gasteiger partial charge in [0.2, 0.25) is 10.0 Å². The predicted octanol–water partition coefficient (Wildman–Crippen LogP) is 0.486. The smallest absolute Gasteiger partial charge is 0.241 e. The summed E-state index contributed by atoms with van der Waals surface area (Å²) in [7, 11) is -2.32. The number of nitrogens with zero attached hydrogens (tertiary/aromatic N) is 3. The molecule has 21 heavy (non-hydrogen) atoms. The lowest BCUT2D eigenvalue weighted by atomic mass is 10.2. The highest BCUT2D eigenvalue weighted by Crippen LogP contribution is 2.20. The molecule has 0 spiro atoms. The molecule has 114 valence electrons. The van der Waals surface area contributed by atoms with Crippen molar-refractivity contribution in [1.82, 2.24) is 19.5 Å². The highest BCUT2D eigenvalue weighted by atomic mass is 32.2. The highest BCUT2D eigenvalue weighted by molar-refractivity contribution is 7.89. The largest absolute Gasteiger partial charge is 0.392 e. The molecule has 1 heterocycles. The van der Waals surface area contributed by atoms with Crippen LogP contribution in [0, 0.1) is 5.82 Å². The van der Waals surface area contributed by atoms with Gasteiger partial charge in [-0.25, -0.2) is 17.5 Å². The monoisotopic (exact) mass is 314 g/mol. The van der Waals surface area contributed by atoms with Crippen LogP contribution in [0.2, 0.25) is 0 Å². The fourth-order valence-corrected chi connectivity index (χ4v) is 3.39. The number of sulfonamides is 1. The topological polar surface area (TPSA) is 97.1 Å². The van der Waals surface area contributed by atoms with E-state index in [4.69, 9.17) is 0 Å². The van der Waals surface area contributed by atoms with Crippen LogP contribution >= 0.6 is 0 Å². The zero-order chi connectivity index (χ0) is 15.6. The van der Waals surface area contributed by atoms with Crippen molar-refractivity contribution in [2.24, 2.45) is 7.05 Å². The summed E-state index contributed by atoms with van der Waals surface area (Å²) in [4.78, 5) is -0.293. The van der Waals surface area contributed by atoms with E-state index in [9.17, 15) is 17.9 Å². The van der Waals surface area contributed by atoms with Crippen LogP contribution in [0.4, 0.5) is 4.39 Å². The summed E-state index contributed by atoms with van der Waals surface area (Å²) in [6, 6.07) is 2.54. The summed E-state index contributed by atoms with van der Waals surface area (Å²) in [5.74, 6) is -0.278. The van der Waals surface area contributed by atoms with Crippen LogP contribution in [-0.4, -0.2) is 28.3 Å². The number of nitrogens with one attached hydrogen (secondary N) is 1. The average molecular weight is 314 g/mol. The van der Waals surface area contributed by atoms with E-state index in [-0.39, 0.29) is 10.5 Å². The molecule has 9 heteroatoms. The van der Waals surface area contributed by atoms with Crippen LogP contribution in [0.5, 0.6) is 0 Å². The molecule has 2 aromatic rings. The minimum Gasteiger partial charge on any atom is -0.392 e. The Hall–Kier alpha value is -1.84. The molecule has 0 aliphatic heterocycles. The second-order valence-corrected chi connectivity index (χ2v) is 6.24. The molecule has 0 aliphatic carbocycles. The number of hydrogen-bond donors (Lipinski definition) is 2. The molecule has 0 fully saturated rings. The van der Waals surface area contributed by atoms with Crippen molar-refractivity contribution in [1.29, 1.82) is 0 Å². The molecule has 1 unspecified atom stereocenters.